The van der Waals surface area contributed by atoms with Crippen molar-refractivity contribution in [2.45, 2.75) is 116 Å². The highest BCUT2D eigenvalue weighted by Gasteiger charge is 1.96. The first-order valence-corrected chi connectivity index (χ1v) is 11.8. The first kappa shape index (κ1) is 21.7. The third-order valence-corrected chi connectivity index (χ3v) is 5.87. The van der Waals surface area contributed by atoms with Gasteiger partial charge < -0.3 is 5.73 Å². The van der Waals surface area contributed by atoms with Crippen molar-refractivity contribution in [2.75, 3.05) is 0 Å². The lowest BCUT2D eigenvalue weighted by atomic mass is 10.0. The number of primary amides is 1. The summed E-state index contributed by atoms with van der Waals surface area (Å²) in [5.74, 6) is 0. The van der Waals surface area contributed by atoms with Crippen LogP contribution in [0.5, 0.6) is 0 Å². The van der Waals surface area contributed by atoms with Crippen LogP contribution >= 0.6 is 0 Å². The third-order valence-electron chi connectivity index (χ3n) is 4.53. The monoisotopic (exact) mass is 327 g/mol. The van der Waals surface area contributed by atoms with Crippen molar-refractivity contribution in [3.8, 4) is 0 Å². The molecule has 0 aromatic heterocycles. The van der Waals surface area contributed by atoms with Crippen LogP contribution in [0.4, 0.5) is 4.79 Å². The molecular weight excluding hydrogens is 286 g/mol. The molecule has 0 rings (SSSR count). The van der Waals surface area contributed by atoms with Gasteiger partial charge in [-0.2, -0.15) is 0 Å². The van der Waals surface area contributed by atoms with Crippen LogP contribution in [-0.2, 0) is 0 Å². The summed E-state index contributed by atoms with van der Waals surface area (Å²) in [5.41, 5.74) is 5.17. The minimum absolute atomic E-state index is 0.0130. The molecule has 0 aromatic rings. The van der Waals surface area contributed by atoms with Crippen molar-refractivity contribution in [3.05, 3.63) is 0 Å². The van der Waals surface area contributed by atoms with Gasteiger partial charge in [0.25, 0.3) is 0 Å². The SMILES string of the molecule is CCCCCCCCCCCCCCCCCC[SiH2]C(N)=O. The first-order valence-electron chi connectivity index (χ1n) is 10.1. The number of unbranched alkanes of at least 4 members (excludes halogenated alkanes) is 15. The van der Waals surface area contributed by atoms with Crippen LogP contribution in [0.25, 0.3) is 0 Å². The molecule has 0 aliphatic rings. The maximum absolute atomic E-state index is 10.6. The molecule has 0 unspecified atom stereocenters. The Morgan fingerprint density at radius 1 is 0.636 bits per heavy atom. The molecule has 0 atom stereocenters. The van der Waals surface area contributed by atoms with Gasteiger partial charge in [0.15, 0.2) is 5.53 Å². The number of hydrogen-bond donors (Lipinski definition) is 1. The standard InChI is InChI=1S/C19H41NOSi/c1-2-3-4-5-6-7-8-9-10-11-12-13-14-15-16-17-18-22-19(20)21/h2-18,22H2,1H3,(H2,20,21). The van der Waals surface area contributed by atoms with Gasteiger partial charge >= 0.3 is 0 Å². The van der Waals surface area contributed by atoms with Crippen molar-refractivity contribution in [1.29, 1.82) is 0 Å². The molecule has 0 saturated heterocycles. The van der Waals surface area contributed by atoms with E-state index in [1.807, 2.05) is 0 Å². The van der Waals surface area contributed by atoms with Crippen LogP contribution in [0.15, 0.2) is 0 Å². The molecule has 0 spiro atoms. The molecule has 2 nitrogen and oxygen atoms in total. The van der Waals surface area contributed by atoms with Gasteiger partial charge in [-0.05, 0) is 0 Å². The van der Waals surface area contributed by atoms with Gasteiger partial charge in [0.1, 0.15) is 9.52 Å². The van der Waals surface area contributed by atoms with Gasteiger partial charge in [0.05, 0.1) is 0 Å². The van der Waals surface area contributed by atoms with Crippen LogP contribution in [0.2, 0.25) is 6.04 Å². The van der Waals surface area contributed by atoms with Gasteiger partial charge in [-0.25, -0.2) is 0 Å². The van der Waals surface area contributed by atoms with E-state index in [1.54, 1.807) is 0 Å². The van der Waals surface area contributed by atoms with Gasteiger partial charge in [0, 0.05) is 0 Å². The van der Waals surface area contributed by atoms with E-state index in [-0.39, 0.29) is 5.53 Å². The molecule has 0 fully saturated rings. The summed E-state index contributed by atoms with van der Waals surface area (Å²) in [6.07, 6.45) is 22.5. The fourth-order valence-electron chi connectivity index (χ4n) is 3.02. The molecule has 132 valence electrons. The number of hydrogen-bond acceptors (Lipinski definition) is 1. The number of amides is 1. The topological polar surface area (TPSA) is 43.1 Å². The minimum atomic E-state index is -0.580. The molecule has 1 amide bonds. The van der Waals surface area contributed by atoms with Crippen molar-refractivity contribution >= 4 is 15.1 Å². The van der Waals surface area contributed by atoms with Gasteiger partial charge in [-0.15, -0.1) is 0 Å². The molecule has 0 aliphatic heterocycles. The summed E-state index contributed by atoms with van der Waals surface area (Å²) >= 11 is 0. The zero-order valence-electron chi connectivity index (χ0n) is 15.2. The lowest BCUT2D eigenvalue weighted by molar-refractivity contribution is 0.265. The van der Waals surface area contributed by atoms with Crippen LogP contribution in [-0.4, -0.2) is 15.1 Å². The minimum Gasteiger partial charge on any atom is -0.375 e. The van der Waals surface area contributed by atoms with E-state index in [0.29, 0.717) is 0 Å². The molecule has 2 N–H and O–H groups in total. The number of nitrogens with two attached hydrogens (primary N) is 1. The maximum atomic E-state index is 10.6. The molecule has 0 radical (unpaired) electrons. The molecular formula is C19H41NOSi. The Balaban J connectivity index is 2.95. The Morgan fingerprint density at radius 3 is 1.27 bits per heavy atom. The molecule has 0 aliphatic carbocycles. The van der Waals surface area contributed by atoms with E-state index < -0.39 is 9.52 Å². The van der Waals surface area contributed by atoms with E-state index in [4.69, 9.17) is 5.73 Å². The van der Waals surface area contributed by atoms with Crippen molar-refractivity contribution < 1.29 is 4.79 Å². The summed E-state index contributed by atoms with van der Waals surface area (Å²) in [7, 11) is -0.580. The fourth-order valence-corrected chi connectivity index (χ4v) is 3.98. The summed E-state index contributed by atoms with van der Waals surface area (Å²) < 4.78 is 0. The normalized spacial score (nSPS) is 11.5. The highest BCUT2D eigenvalue weighted by molar-refractivity contribution is 6.73. The largest absolute Gasteiger partial charge is 0.375 e. The average Bonchev–Trinajstić information content (AvgIpc) is 2.50. The summed E-state index contributed by atoms with van der Waals surface area (Å²) in [4.78, 5) is 10.6. The van der Waals surface area contributed by atoms with E-state index in [9.17, 15) is 4.79 Å². The van der Waals surface area contributed by atoms with E-state index in [1.165, 1.54) is 103 Å². The van der Waals surface area contributed by atoms with E-state index in [2.05, 4.69) is 6.92 Å². The predicted octanol–water partition coefficient (Wildman–Crippen LogP) is 5.91. The van der Waals surface area contributed by atoms with Crippen LogP contribution < -0.4 is 5.73 Å². The Kier molecular flexibility index (Phi) is 18.5. The van der Waals surface area contributed by atoms with Gasteiger partial charge in [-0.1, -0.05) is 116 Å². The highest BCUT2D eigenvalue weighted by atomic mass is 28.2. The zero-order valence-corrected chi connectivity index (χ0v) is 16.6. The van der Waals surface area contributed by atoms with Crippen molar-refractivity contribution in [3.63, 3.8) is 0 Å². The smallest absolute Gasteiger partial charge is 0.182 e. The summed E-state index contributed by atoms with van der Waals surface area (Å²) in [6.45, 7) is 2.28. The second-order valence-electron chi connectivity index (χ2n) is 6.87. The highest BCUT2D eigenvalue weighted by Crippen LogP contribution is 2.13. The molecule has 0 bridgehead atoms. The Morgan fingerprint density at radius 2 is 0.955 bits per heavy atom. The maximum Gasteiger partial charge on any atom is 0.182 e. The summed E-state index contributed by atoms with van der Waals surface area (Å²) in [5, 5.41) is 0. The lowest BCUT2D eigenvalue weighted by Gasteiger charge is -2.03. The van der Waals surface area contributed by atoms with Crippen molar-refractivity contribution in [1.82, 2.24) is 0 Å². The van der Waals surface area contributed by atoms with Crippen LogP contribution in [0.1, 0.15) is 110 Å². The molecule has 22 heavy (non-hydrogen) atoms. The second-order valence-corrected chi connectivity index (χ2v) is 8.78. The molecule has 3 heteroatoms. The van der Waals surface area contributed by atoms with E-state index in [0.717, 1.165) is 6.04 Å². The summed E-state index contributed by atoms with van der Waals surface area (Å²) in [6, 6.07) is 1.12. The van der Waals surface area contributed by atoms with Gasteiger partial charge in [-0.3, -0.25) is 4.79 Å². The molecule has 0 saturated carbocycles. The predicted molar refractivity (Wildman–Crippen MR) is 102 cm³/mol. The Labute approximate surface area is 141 Å². The van der Waals surface area contributed by atoms with Gasteiger partial charge in [0.2, 0.25) is 0 Å². The number of carbonyl (C=O) groups excluding carboxylic acids is 1. The molecule has 0 aromatic carbocycles. The Hall–Kier alpha value is -0.313. The Bertz CT molecular complexity index is 233. The van der Waals surface area contributed by atoms with E-state index >= 15 is 0 Å². The van der Waals surface area contributed by atoms with Crippen LogP contribution in [0.3, 0.4) is 0 Å². The average molecular weight is 328 g/mol. The third kappa shape index (κ3) is 19.7. The number of carbonyl (C=O) groups is 1. The van der Waals surface area contributed by atoms with Crippen molar-refractivity contribution in [2.24, 2.45) is 5.73 Å². The molecule has 0 heterocycles. The zero-order chi connectivity index (χ0) is 16.3. The quantitative estimate of drug-likeness (QED) is 0.247. The lowest BCUT2D eigenvalue weighted by Crippen LogP contribution is -2.16. The number of rotatable bonds is 18. The fraction of sp³-hybridized carbons (Fsp3) is 0.947. The second kappa shape index (κ2) is 18.7. The van der Waals surface area contributed by atoms with Crippen LogP contribution in [0, 0.1) is 0 Å². The first-order chi connectivity index (χ1) is 10.8.